The van der Waals surface area contributed by atoms with Crippen LogP contribution < -0.4 is 20.7 Å². The fourth-order valence-electron chi connectivity index (χ4n) is 7.78. The van der Waals surface area contributed by atoms with E-state index in [1.165, 1.54) is 21.6 Å². The molecule has 1 aliphatic heterocycles. The van der Waals surface area contributed by atoms with Gasteiger partial charge in [0.1, 0.15) is 0 Å². The van der Waals surface area contributed by atoms with Crippen LogP contribution in [0, 0.1) is 29.1 Å². The van der Waals surface area contributed by atoms with Crippen molar-refractivity contribution in [2.75, 3.05) is 29.3 Å². The molecule has 38 heavy (non-hydrogen) atoms. The van der Waals surface area contributed by atoms with E-state index in [4.69, 9.17) is 17.3 Å². The lowest BCUT2D eigenvalue weighted by Gasteiger charge is -2.60. The van der Waals surface area contributed by atoms with Gasteiger partial charge in [-0.15, -0.1) is 0 Å². The third kappa shape index (κ3) is 5.24. The van der Waals surface area contributed by atoms with E-state index in [1.54, 1.807) is 12.1 Å². The number of nitrogens with one attached hydrogen (secondary N) is 2. The number of amides is 3. The number of nitrogens with two attached hydrogens (primary N) is 1. The van der Waals surface area contributed by atoms with Gasteiger partial charge >= 0.3 is 10.2 Å². The highest BCUT2D eigenvalue weighted by molar-refractivity contribution is 7.90. The van der Waals surface area contributed by atoms with Gasteiger partial charge in [-0.05, 0) is 79.4 Å². The third-order valence-electron chi connectivity index (χ3n) is 8.73. The topological polar surface area (TPSA) is 142 Å². The van der Waals surface area contributed by atoms with Gasteiger partial charge in [0.2, 0.25) is 17.7 Å². The summed E-state index contributed by atoms with van der Waals surface area (Å²) >= 11 is 6.43. The van der Waals surface area contributed by atoms with Crippen molar-refractivity contribution in [1.82, 2.24) is 9.62 Å². The van der Waals surface area contributed by atoms with Gasteiger partial charge in [0.05, 0.1) is 17.3 Å². The lowest BCUT2D eigenvalue weighted by Crippen LogP contribution is -2.61. The molecule has 3 atom stereocenters. The van der Waals surface area contributed by atoms with E-state index in [0.717, 1.165) is 32.1 Å². The second kappa shape index (κ2) is 9.98. The van der Waals surface area contributed by atoms with Gasteiger partial charge in [-0.25, -0.2) is 0 Å². The Labute approximate surface area is 228 Å². The number of carbonyl (C=O) groups excluding carboxylic acids is 3. The van der Waals surface area contributed by atoms with E-state index in [2.05, 4.69) is 10.6 Å². The summed E-state index contributed by atoms with van der Waals surface area (Å²) < 4.78 is 29.6. The highest BCUT2D eigenvalue weighted by atomic mass is 35.5. The van der Waals surface area contributed by atoms with Gasteiger partial charge in [0.15, 0.2) is 0 Å². The van der Waals surface area contributed by atoms with Gasteiger partial charge in [-0.3, -0.25) is 18.7 Å². The van der Waals surface area contributed by atoms with E-state index in [1.807, 2.05) is 6.92 Å². The largest absolute Gasteiger partial charge is 0.370 e. The smallest absolute Gasteiger partial charge is 0.304 e. The van der Waals surface area contributed by atoms with E-state index in [0.29, 0.717) is 35.5 Å². The third-order valence-corrected chi connectivity index (χ3v) is 10.9. The zero-order chi connectivity index (χ0) is 27.4. The number of carbonyl (C=O) groups is 3. The maximum Gasteiger partial charge on any atom is 0.304 e. The highest BCUT2D eigenvalue weighted by Gasteiger charge is 2.56. The Bertz CT molecular complexity index is 1240. The van der Waals surface area contributed by atoms with Crippen LogP contribution in [-0.4, -0.2) is 56.1 Å². The highest BCUT2D eigenvalue weighted by Crippen LogP contribution is 2.61. The Morgan fingerprint density at radius 2 is 1.82 bits per heavy atom. The van der Waals surface area contributed by atoms with Gasteiger partial charge < -0.3 is 16.4 Å². The monoisotopic (exact) mass is 565 g/mol. The second-order valence-corrected chi connectivity index (χ2v) is 14.3. The summed E-state index contributed by atoms with van der Waals surface area (Å²) in [6.07, 6.45) is 5.27. The minimum Gasteiger partial charge on any atom is -0.370 e. The number of anilines is 2. The fraction of sp³-hybridized carbons (Fsp3) is 0.654. The first kappa shape index (κ1) is 27.2. The second-order valence-electron chi connectivity index (χ2n) is 12.0. The Hall–Kier alpha value is -2.37. The molecule has 4 saturated carbocycles. The first-order valence-electron chi connectivity index (χ1n) is 13.3. The summed E-state index contributed by atoms with van der Waals surface area (Å²) in [6, 6.07) is 4.68. The lowest BCUT2D eigenvalue weighted by molar-refractivity contribution is -0.134. The molecule has 4 bridgehead atoms. The molecule has 208 valence electrons. The van der Waals surface area contributed by atoms with Gasteiger partial charge in [-0.2, -0.15) is 12.7 Å². The zero-order valence-corrected chi connectivity index (χ0v) is 23.4. The average Bonchev–Trinajstić information content (AvgIpc) is 2.77. The van der Waals surface area contributed by atoms with E-state index in [-0.39, 0.29) is 59.8 Å². The fourth-order valence-corrected chi connectivity index (χ4v) is 9.97. The molecule has 1 aromatic rings. The molecule has 4 aliphatic carbocycles. The molecular formula is C26H36ClN5O5S. The zero-order valence-electron chi connectivity index (χ0n) is 21.8. The van der Waals surface area contributed by atoms with Crippen LogP contribution >= 0.6 is 11.6 Å². The minimum absolute atomic E-state index is 0.00293. The van der Waals surface area contributed by atoms with Gasteiger partial charge in [0, 0.05) is 38.2 Å². The summed E-state index contributed by atoms with van der Waals surface area (Å²) in [5.74, 6) is 0.290. The Kier molecular flexibility index (Phi) is 7.15. The normalized spacial score (nSPS) is 33.7. The summed E-state index contributed by atoms with van der Waals surface area (Å²) in [6.45, 7) is 3.51. The van der Waals surface area contributed by atoms with Crippen LogP contribution in [0.3, 0.4) is 0 Å². The molecule has 0 aromatic heterocycles. The Balaban J connectivity index is 1.28. The van der Waals surface area contributed by atoms with Crippen LogP contribution in [0.4, 0.5) is 11.4 Å². The van der Waals surface area contributed by atoms with Crippen molar-refractivity contribution in [2.45, 2.75) is 58.4 Å². The van der Waals surface area contributed by atoms with Crippen LogP contribution in [0.15, 0.2) is 18.2 Å². The summed E-state index contributed by atoms with van der Waals surface area (Å²) in [7, 11) is -4.01. The predicted molar refractivity (Wildman–Crippen MR) is 144 cm³/mol. The van der Waals surface area contributed by atoms with Gasteiger partial charge in [0.25, 0.3) is 0 Å². The van der Waals surface area contributed by atoms with Crippen molar-refractivity contribution in [3.8, 4) is 0 Å². The van der Waals surface area contributed by atoms with Crippen LogP contribution in [0.5, 0.6) is 0 Å². The molecule has 0 spiro atoms. The molecule has 1 saturated heterocycles. The van der Waals surface area contributed by atoms with E-state index in [9.17, 15) is 22.8 Å². The minimum atomic E-state index is -4.01. The molecule has 6 rings (SSSR count). The number of halogens is 1. The maximum absolute atomic E-state index is 13.6. The van der Waals surface area contributed by atoms with Gasteiger partial charge in [-0.1, -0.05) is 18.5 Å². The molecule has 1 aromatic carbocycles. The molecule has 5 aliphatic rings. The van der Waals surface area contributed by atoms with Crippen molar-refractivity contribution in [2.24, 2.45) is 34.8 Å². The number of rotatable bonds is 7. The van der Waals surface area contributed by atoms with Crippen molar-refractivity contribution in [3.63, 3.8) is 0 Å². The Morgan fingerprint density at radius 3 is 2.42 bits per heavy atom. The molecule has 4 N–H and O–H groups in total. The van der Waals surface area contributed by atoms with Crippen molar-refractivity contribution in [1.29, 1.82) is 0 Å². The molecule has 10 nitrogen and oxygen atoms in total. The molecule has 1 heterocycles. The predicted octanol–water partition coefficient (Wildman–Crippen LogP) is 2.49. The maximum atomic E-state index is 13.6. The van der Waals surface area contributed by atoms with Crippen molar-refractivity contribution in [3.05, 3.63) is 23.2 Å². The number of primary amides is 1. The Morgan fingerprint density at radius 1 is 1.13 bits per heavy atom. The number of hydrogen-bond donors (Lipinski definition) is 3. The quantitative estimate of drug-likeness (QED) is 0.465. The number of nitrogens with zero attached hydrogens (tertiary/aromatic N) is 2. The van der Waals surface area contributed by atoms with Crippen LogP contribution in [-0.2, 0) is 24.6 Å². The summed E-state index contributed by atoms with van der Waals surface area (Å²) in [5.41, 5.74) is 6.30. The lowest BCUT2D eigenvalue weighted by atomic mass is 9.47. The molecule has 3 amide bonds. The SMILES string of the molecule is CC(=O)Nc1ccc(N2CC(C)CN(CC(=O)NC3C4CC5CC3CC(CC(N)=O)(C5)C4)S2(=O)=O)c(Cl)c1. The molecular weight excluding hydrogens is 530 g/mol. The van der Waals surface area contributed by atoms with Crippen LogP contribution in [0.25, 0.3) is 0 Å². The first-order valence-corrected chi connectivity index (χ1v) is 15.1. The van der Waals surface area contributed by atoms with E-state index >= 15 is 0 Å². The molecule has 0 radical (unpaired) electrons. The molecule has 12 heteroatoms. The molecule has 3 unspecified atom stereocenters. The summed E-state index contributed by atoms with van der Waals surface area (Å²) in [4.78, 5) is 36.3. The average molecular weight is 566 g/mol. The number of benzene rings is 1. The molecule has 5 fully saturated rings. The first-order chi connectivity index (χ1) is 17.8. The standard InChI is InChI=1S/C26H36ClN5O5S/c1-15-12-31(38(36,37)32(13-15)22-4-3-20(7-21(22)27)29-16(2)33)14-24(35)30-25-18-5-17-6-19(25)10-26(8-17,9-18)11-23(28)34/h3-4,7,15,17-19,25H,5-6,8-14H2,1-2H3,(H2,28,34)(H,29,33)(H,30,35). The van der Waals surface area contributed by atoms with Crippen LogP contribution in [0.2, 0.25) is 5.02 Å². The van der Waals surface area contributed by atoms with Crippen molar-refractivity contribution < 1.29 is 22.8 Å². The van der Waals surface area contributed by atoms with Crippen LogP contribution in [0.1, 0.15) is 52.4 Å². The summed E-state index contributed by atoms with van der Waals surface area (Å²) in [5, 5.41) is 6.00. The van der Waals surface area contributed by atoms with E-state index < -0.39 is 10.2 Å². The van der Waals surface area contributed by atoms with Crippen molar-refractivity contribution >= 4 is 50.9 Å². The number of hydrogen-bond acceptors (Lipinski definition) is 5.